The minimum absolute atomic E-state index is 0.0714. The summed E-state index contributed by atoms with van der Waals surface area (Å²) in [7, 11) is 0. The molecule has 0 aliphatic carbocycles. The first-order chi connectivity index (χ1) is 18.7. The highest BCUT2D eigenvalue weighted by molar-refractivity contribution is 7.99. The van der Waals surface area contributed by atoms with Crippen molar-refractivity contribution >= 4 is 40.9 Å². The summed E-state index contributed by atoms with van der Waals surface area (Å²) < 4.78 is 0. The van der Waals surface area contributed by atoms with Crippen LogP contribution in [0.1, 0.15) is 43.5 Å². The molecular formula is C30H34N4O4S. The van der Waals surface area contributed by atoms with Crippen molar-refractivity contribution in [2.45, 2.75) is 56.9 Å². The minimum atomic E-state index is -1.51. The number of imide groups is 1. The van der Waals surface area contributed by atoms with Gasteiger partial charge in [-0.1, -0.05) is 38.1 Å². The van der Waals surface area contributed by atoms with Gasteiger partial charge in [0.15, 0.2) is 0 Å². The van der Waals surface area contributed by atoms with Crippen LogP contribution in [0, 0.1) is 12.8 Å². The summed E-state index contributed by atoms with van der Waals surface area (Å²) in [5.41, 5.74) is 4.15. The Kier molecular flexibility index (Phi) is 9.04. The Balaban J connectivity index is 1.85. The minimum Gasteiger partial charge on any atom is -0.322 e. The molecule has 1 aromatic heterocycles. The molecule has 1 saturated heterocycles. The van der Waals surface area contributed by atoms with Crippen molar-refractivity contribution < 1.29 is 19.6 Å². The third-order valence-corrected chi connectivity index (χ3v) is 8.05. The average Bonchev–Trinajstić information content (AvgIpc) is 3.27. The molecule has 1 aliphatic heterocycles. The van der Waals surface area contributed by atoms with E-state index in [1.165, 1.54) is 16.7 Å². The zero-order chi connectivity index (χ0) is 28.0. The Labute approximate surface area is 233 Å². The smallest absolute Gasteiger partial charge is 0.252 e. The molecule has 2 aromatic carbocycles. The summed E-state index contributed by atoms with van der Waals surface area (Å²) in [6, 6.07) is 18.5. The van der Waals surface area contributed by atoms with Gasteiger partial charge in [-0.15, -0.1) is 11.8 Å². The Morgan fingerprint density at radius 2 is 1.77 bits per heavy atom. The lowest BCUT2D eigenvalue weighted by Crippen LogP contribution is -2.62. The van der Waals surface area contributed by atoms with E-state index in [4.69, 9.17) is 0 Å². The van der Waals surface area contributed by atoms with Gasteiger partial charge < -0.3 is 5.32 Å². The number of aryl methyl sites for hydroxylation is 1. The van der Waals surface area contributed by atoms with Gasteiger partial charge in [0.05, 0.1) is 17.1 Å². The molecule has 204 valence electrons. The molecule has 1 fully saturated rings. The van der Waals surface area contributed by atoms with Crippen molar-refractivity contribution in [2.24, 2.45) is 5.92 Å². The normalized spacial score (nSPS) is 14.9. The first-order valence-corrected chi connectivity index (χ1v) is 14.0. The molecule has 3 amide bonds. The van der Waals surface area contributed by atoms with Crippen LogP contribution < -0.4 is 10.8 Å². The summed E-state index contributed by atoms with van der Waals surface area (Å²) in [5, 5.41) is 12.5. The van der Waals surface area contributed by atoms with E-state index >= 15 is 0 Å². The fourth-order valence-electron chi connectivity index (χ4n) is 4.88. The highest BCUT2D eigenvalue weighted by atomic mass is 32.2. The van der Waals surface area contributed by atoms with E-state index in [9.17, 15) is 19.6 Å². The monoisotopic (exact) mass is 546 g/mol. The Morgan fingerprint density at radius 1 is 1.05 bits per heavy atom. The standard InChI is InChI=1S/C30H34N4O4S/c1-20(2)16-23-17-24(33-38)12-11-22(23)18-30(34-27(35)13-14-28(34)36,19-39-25-8-5-4-6-9-25)29(37)32-26-10-7-15-31-21(26)3/h4-12,15,17,20,33,38H,13-14,16,18-19H2,1-3H3,(H,32,37)/t30-/m1/s1. The van der Waals surface area contributed by atoms with Crippen LogP contribution in [0.15, 0.2) is 71.8 Å². The van der Waals surface area contributed by atoms with E-state index in [1.54, 1.807) is 31.3 Å². The van der Waals surface area contributed by atoms with Crippen molar-refractivity contribution in [2.75, 3.05) is 16.5 Å². The lowest BCUT2D eigenvalue weighted by atomic mass is 9.85. The van der Waals surface area contributed by atoms with E-state index in [0.717, 1.165) is 16.0 Å². The number of hydrogen-bond acceptors (Lipinski definition) is 7. The average molecular weight is 547 g/mol. The fraction of sp³-hybridized carbons (Fsp3) is 0.333. The summed E-state index contributed by atoms with van der Waals surface area (Å²) in [5.74, 6) is -0.685. The molecule has 0 unspecified atom stereocenters. The second-order valence-corrected chi connectivity index (χ2v) is 11.3. The summed E-state index contributed by atoms with van der Waals surface area (Å²) in [6.45, 7) is 5.98. The molecule has 0 saturated carbocycles. The van der Waals surface area contributed by atoms with Gasteiger partial charge >= 0.3 is 0 Å². The Bertz CT molecular complexity index is 1330. The molecule has 8 nitrogen and oxygen atoms in total. The SMILES string of the molecule is Cc1ncccc1NC(=O)[C@](CSc1ccccc1)(Cc1ccc(NO)cc1CC(C)C)N1C(=O)CCC1=O. The number of nitrogens with zero attached hydrogens (tertiary/aromatic N) is 2. The third kappa shape index (κ3) is 6.49. The number of amides is 3. The first-order valence-electron chi connectivity index (χ1n) is 13.0. The molecule has 2 heterocycles. The van der Waals surface area contributed by atoms with E-state index in [1.807, 2.05) is 42.5 Å². The predicted octanol–water partition coefficient (Wildman–Crippen LogP) is 5.25. The maximum atomic E-state index is 14.4. The topological polar surface area (TPSA) is 112 Å². The summed E-state index contributed by atoms with van der Waals surface area (Å²) in [6.07, 6.45) is 2.61. The summed E-state index contributed by atoms with van der Waals surface area (Å²) in [4.78, 5) is 47.4. The number of thioether (sulfide) groups is 1. The van der Waals surface area contributed by atoms with Crippen LogP contribution in [0.25, 0.3) is 0 Å². The molecular weight excluding hydrogens is 512 g/mol. The molecule has 1 aliphatic rings. The van der Waals surface area contributed by atoms with Gasteiger partial charge in [-0.25, -0.2) is 0 Å². The van der Waals surface area contributed by atoms with Gasteiger partial charge in [-0.05, 0) is 66.8 Å². The molecule has 3 aromatic rings. The van der Waals surface area contributed by atoms with Crippen LogP contribution >= 0.6 is 11.8 Å². The maximum Gasteiger partial charge on any atom is 0.252 e. The van der Waals surface area contributed by atoms with Crippen LogP contribution in [-0.4, -0.2) is 44.1 Å². The van der Waals surface area contributed by atoms with Crippen molar-refractivity contribution in [3.8, 4) is 0 Å². The van der Waals surface area contributed by atoms with Crippen LogP contribution in [-0.2, 0) is 27.2 Å². The van der Waals surface area contributed by atoms with Gasteiger partial charge in [-0.2, -0.15) is 0 Å². The molecule has 0 bridgehead atoms. The lowest BCUT2D eigenvalue weighted by Gasteiger charge is -2.40. The molecule has 0 radical (unpaired) electrons. The number of carbonyl (C=O) groups excluding carboxylic acids is 3. The van der Waals surface area contributed by atoms with Gasteiger partial charge in [0.2, 0.25) is 11.8 Å². The molecule has 3 N–H and O–H groups in total. The van der Waals surface area contributed by atoms with E-state index in [2.05, 4.69) is 29.6 Å². The lowest BCUT2D eigenvalue weighted by molar-refractivity contribution is -0.150. The van der Waals surface area contributed by atoms with Gasteiger partial charge in [0, 0.05) is 36.1 Å². The second kappa shape index (κ2) is 12.4. The first kappa shape index (κ1) is 28.3. The number of aromatic nitrogens is 1. The molecule has 0 spiro atoms. The van der Waals surface area contributed by atoms with Crippen molar-refractivity contribution in [1.82, 2.24) is 9.88 Å². The van der Waals surface area contributed by atoms with Gasteiger partial charge in [0.1, 0.15) is 5.54 Å². The molecule has 1 atom stereocenters. The quantitative estimate of drug-likeness (QED) is 0.171. The number of pyridine rings is 1. The van der Waals surface area contributed by atoms with Crippen LogP contribution in [0.2, 0.25) is 0 Å². The number of hydrogen-bond donors (Lipinski definition) is 3. The van der Waals surface area contributed by atoms with Crippen molar-refractivity contribution in [1.29, 1.82) is 0 Å². The Hall–Kier alpha value is -3.69. The largest absolute Gasteiger partial charge is 0.322 e. The van der Waals surface area contributed by atoms with Gasteiger partial charge in [0.25, 0.3) is 5.91 Å². The van der Waals surface area contributed by atoms with E-state index in [-0.39, 0.29) is 36.8 Å². The molecule has 4 rings (SSSR count). The third-order valence-electron chi connectivity index (χ3n) is 6.82. The summed E-state index contributed by atoms with van der Waals surface area (Å²) >= 11 is 1.43. The molecule has 9 heteroatoms. The number of nitrogens with one attached hydrogen (secondary N) is 2. The second-order valence-electron chi connectivity index (χ2n) is 10.2. The fourth-order valence-corrected chi connectivity index (χ4v) is 6.00. The Morgan fingerprint density at radius 3 is 2.41 bits per heavy atom. The number of anilines is 2. The number of likely N-dealkylation sites (tertiary alicyclic amines) is 1. The van der Waals surface area contributed by atoms with E-state index < -0.39 is 11.4 Å². The predicted molar refractivity (Wildman–Crippen MR) is 153 cm³/mol. The highest BCUT2D eigenvalue weighted by Crippen LogP contribution is 2.36. The van der Waals surface area contributed by atoms with E-state index in [0.29, 0.717) is 29.4 Å². The van der Waals surface area contributed by atoms with Crippen LogP contribution in [0.5, 0.6) is 0 Å². The van der Waals surface area contributed by atoms with Crippen LogP contribution in [0.3, 0.4) is 0 Å². The van der Waals surface area contributed by atoms with Crippen molar-refractivity contribution in [3.63, 3.8) is 0 Å². The number of carbonyl (C=O) groups is 3. The number of rotatable bonds is 11. The highest BCUT2D eigenvalue weighted by Gasteiger charge is 2.52. The molecule has 39 heavy (non-hydrogen) atoms. The zero-order valence-electron chi connectivity index (χ0n) is 22.4. The zero-order valence-corrected chi connectivity index (χ0v) is 23.3. The van der Waals surface area contributed by atoms with Crippen LogP contribution in [0.4, 0.5) is 11.4 Å². The maximum absolute atomic E-state index is 14.4. The van der Waals surface area contributed by atoms with Gasteiger partial charge in [-0.3, -0.25) is 35.0 Å². The van der Waals surface area contributed by atoms with Crippen molar-refractivity contribution in [3.05, 3.63) is 83.7 Å². The number of benzene rings is 2.